The van der Waals surface area contributed by atoms with E-state index in [9.17, 15) is 15.3 Å². The lowest BCUT2D eigenvalue weighted by Crippen LogP contribution is -2.50. The van der Waals surface area contributed by atoms with Crippen LogP contribution in [0.1, 0.15) is 116 Å². The second kappa shape index (κ2) is 26.3. The van der Waals surface area contributed by atoms with E-state index in [1.165, 1.54) is 77.0 Å². The first-order valence-corrected chi connectivity index (χ1v) is 12.9. The molecule has 0 saturated carbocycles. The van der Waals surface area contributed by atoms with Crippen molar-refractivity contribution in [1.29, 1.82) is 0 Å². The Balaban J connectivity index is 0. The predicted octanol–water partition coefficient (Wildman–Crippen LogP) is 3.14. The van der Waals surface area contributed by atoms with Gasteiger partial charge in [0.25, 0.3) is 0 Å². The predicted molar refractivity (Wildman–Crippen MR) is 130 cm³/mol. The van der Waals surface area contributed by atoms with Crippen LogP contribution in [0.3, 0.4) is 0 Å². The number of carbonyl (C=O) groups is 1. The van der Waals surface area contributed by atoms with Crippen molar-refractivity contribution in [3.05, 3.63) is 12.2 Å². The molecule has 0 heterocycles. The van der Waals surface area contributed by atoms with Gasteiger partial charge in [-0.2, -0.15) is 0 Å². The fourth-order valence-electron chi connectivity index (χ4n) is 4.14. The molecule has 32 heavy (non-hydrogen) atoms. The summed E-state index contributed by atoms with van der Waals surface area (Å²) < 4.78 is 0. The third-order valence-corrected chi connectivity index (χ3v) is 6.04. The summed E-state index contributed by atoms with van der Waals surface area (Å²) in [5, 5.41) is 36.8. The Kier molecular flexibility index (Phi) is 27.3. The van der Waals surface area contributed by atoms with Crippen LogP contribution in [0.5, 0.6) is 0 Å². The molecule has 0 aliphatic rings. The average molecular weight is 460 g/mol. The van der Waals surface area contributed by atoms with Crippen molar-refractivity contribution in [3.63, 3.8) is 0 Å². The Morgan fingerprint density at radius 1 is 0.688 bits per heavy atom. The minimum absolute atomic E-state index is 0.0752. The lowest BCUT2D eigenvalue weighted by molar-refractivity contribution is -0.368. The molecule has 0 aliphatic carbocycles. The number of carboxylic acids is 1. The van der Waals surface area contributed by atoms with Gasteiger partial charge in [0.2, 0.25) is 0 Å². The molecule has 0 rings (SSSR count). The Hall–Kier alpha value is -0.950. The zero-order chi connectivity index (χ0) is 24.3. The molecule has 0 aliphatic heterocycles. The normalized spacial score (nSPS) is 11.5. The van der Waals surface area contributed by atoms with Gasteiger partial charge in [-0.15, -0.1) is 0 Å². The first-order chi connectivity index (χ1) is 15.5. The van der Waals surface area contributed by atoms with E-state index in [-0.39, 0.29) is 25.2 Å². The van der Waals surface area contributed by atoms with Gasteiger partial charge < -0.3 is 31.0 Å². The van der Waals surface area contributed by atoms with Crippen molar-refractivity contribution in [2.24, 2.45) is 5.41 Å². The molecule has 192 valence electrons. The summed E-state index contributed by atoms with van der Waals surface area (Å²) in [5.74, 6) is -1.08. The summed E-state index contributed by atoms with van der Waals surface area (Å²) in [7, 11) is 0. The van der Waals surface area contributed by atoms with Crippen LogP contribution >= 0.6 is 0 Å². The van der Waals surface area contributed by atoms with Gasteiger partial charge in [-0.05, 0) is 76.5 Å². The van der Waals surface area contributed by atoms with Crippen LogP contribution in [-0.2, 0) is 4.79 Å². The number of carboxylic acid groups (broad SMARTS) is 1. The number of hydrogen-bond acceptors (Lipinski definition) is 5. The number of hydrogen-bond donors (Lipinski definition) is 4. The third kappa shape index (κ3) is 25.3. The average Bonchev–Trinajstić information content (AvgIpc) is 2.73. The number of aliphatic hydroxyl groups excluding tert-OH is 3. The maximum Gasteiger partial charge on any atom is 0.0739 e. The molecule has 6 N–H and O–H groups in total. The fraction of sp³-hybridized carbons (Fsp3) is 0.885. The van der Waals surface area contributed by atoms with E-state index in [4.69, 9.17) is 9.90 Å². The molecule has 0 saturated heterocycles. The smallest absolute Gasteiger partial charge is 0.0739 e. The maximum absolute atomic E-state index is 9.32. The molecule has 0 fully saturated rings. The first kappa shape index (κ1) is 33.2. The van der Waals surface area contributed by atoms with Crippen LogP contribution in [0.15, 0.2) is 12.2 Å². The highest BCUT2D eigenvalue weighted by atomic mass is 16.4. The molecule has 0 unspecified atom stereocenters. The zero-order valence-corrected chi connectivity index (χ0v) is 20.9. The van der Waals surface area contributed by atoms with E-state index >= 15 is 0 Å². The van der Waals surface area contributed by atoms with Crippen LogP contribution in [-0.4, -0.2) is 47.7 Å². The lowest BCUT2D eigenvalue weighted by Gasteiger charge is -2.32. The summed E-state index contributed by atoms with van der Waals surface area (Å²) in [4.78, 5) is 8.89. The van der Waals surface area contributed by atoms with Crippen LogP contribution in [0.4, 0.5) is 0 Å². The fourth-order valence-corrected chi connectivity index (χ4v) is 4.14. The summed E-state index contributed by atoms with van der Waals surface area (Å²) in [6.45, 7) is 2.48. The summed E-state index contributed by atoms with van der Waals surface area (Å²) in [5.41, 5.74) is 3.81. The number of unbranched alkanes of at least 4 members (excludes halogenated alkanes) is 11. The highest BCUT2D eigenvalue weighted by Gasteiger charge is 2.27. The number of aliphatic hydroxyl groups is 3. The first-order valence-electron chi connectivity index (χ1n) is 12.9. The van der Waals surface area contributed by atoms with E-state index in [1.54, 1.807) is 0 Å². The minimum atomic E-state index is -1.08. The second-order valence-electron chi connectivity index (χ2n) is 8.95. The second-order valence-corrected chi connectivity index (χ2v) is 8.95. The van der Waals surface area contributed by atoms with Gasteiger partial charge in [-0.1, -0.05) is 57.1 Å². The quantitative estimate of drug-likeness (QED) is 0.146. The Bertz CT molecular complexity index is 394. The van der Waals surface area contributed by atoms with Gasteiger partial charge in [0.15, 0.2) is 0 Å². The third-order valence-electron chi connectivity index (χ3n) is 6.04. The van der Waals surface area contributed by atoms with Gasteiger partial charge in [-0.25, -0.2) is 0 Å². The highest BCUT2D eigenvalue weighted by molar-refractivity contribution is 5.60. The Labute approximate surface area is 197 Å². The summed E-state index contributed by atoms with van der Waals surface area (Å²) >= 11 is 0. The van der Waals surface area contributed by atoms with E-state index in [0.717, 1.165) is 26.3 Å². The van der Waals surface area contributed by atoms with Gasteiger partial charge >= 0.3 is 0 Å². The van der Waals surface area contributed by atoms with E-state index < -0.39 is 5.97 Å². The van der Waals surface area contributed by atoms with Crippen LogP contribution in [0, 0.1) is 5.41 Å². The molecule has 0 atom stereocenters. The van der Waals surface area contributed by atoms with Crippen molar-refractivity contribution < 1.29 is 31.0 Å². The number of carbonyl (C=O) groups excluding carboxylic acids is 1. The molecule has 6 heteroatoms. The van der Waals surface area contributed by atoms with Gasteiger partial charge in [0.05, 0.1) is 6.54 Å². The molecule has 0 spiro atoms. The number of quaternary nitrogens is 1. The molecule has 0 aromatic heterocycles. The topological polar surface area (TPSA) is 128 Å². The molecular weight excluding hydrogens is 406 g/mol. The largest absolute Gasteiger partial charge is 0.550 e. The van der Waals surface area contributed by atoms with E-state index in [1.807, 2.05) is 0 Å². The van der Waals surface area contributed by atoms with Crippen LogP contribution in [0.2, 0.25) is 0 Å². The maximum atomic E-state index is 9.32. The number of aliphatic carboxylic acids is 1. The van der Waals surface area contributed by atoms with Crippen molar-refractivity contribution >= 4 is 5.97 Å². The molecule has 0 radical (unpaired) electrons. The Morgan fingerprint density at radius 3 is 1.41 bits per heavy atom. The lowest BCUT2D eigenvalue weighted by atomic mass is 9.74. The van der Waals surface area contributed by atoms with Crippen molar-refractivity contribution in [1.82, 2.24) is 0 Å². The standard InChI is InChI=1S/C24H49NO3.C2H4O2/c25-20-15-13-11-9-7-5-3-1-2-4-6-8-10-12-14-16-24(17-21-26,18-22-27)19-23-28;1-2(3)4/h1-2,26-28H,3-23,25H2;1H3,(H,3,4)/b2-1-;. The SMILES string of the molecule is CC(=O)[O-].[NH3+]CCCCCCCC/C=C\CCCCCCCC(CCO)(CCO)CCO. The van der Waals surface area contributed by atoms with Crippen LogP contribution in [0.25, 0.3) is 0 Å². The van der Waals surface area contributed by atoms with Crippen molar-refractivity contribution in [3.8, 4) is 0 Å². The summed E-state index contributed by atoms with van der Waals surface area (Å²) in [6.07, 6.45) is 24.5. The molecular formula is C26H53NO5. The van der Waals surface area contributed by atoms with Gasteiger partial charge in [-0.3, -0.25) is 0 Å². The highest BCUT2D eigenvalue weighted by Crippen LogP contribution is 2.36. The van der Waals surface area contributed by atoms with Crippen molar-refractivity contribution in [2.75, 3.05) is 26.4 Å². The molecule has 6 nitrogen and oxygen atoms in total. The van der Waals surface area contributed by atoms with E-state index in [0.29, 0.717) is 19.3 Å². The number of rotatable bonds is 22. The van der Waals surface area contributed by atoms with Gasteiger partial charge in [0, 0.05) is 25.8 Å². The summed E-state index contributed by atoms with van der Waals surface area (Å²) in [6, 6.07) is 0. The molecule has 0 aromatic rings. The molecule has 0 bridgehead atoms. The van der Waals surface area contributed by atoms with Gasteiger partial charge in [0.1, 0.15) is 0 Å². The zero-order valence-electron chi connectivity index (χ0n) is 20.9. The van der Waals surface area contributed by atoms with Crippen molar-refractivity contribution in [2.45, 2.75) is 116 Å². The number of allylic oxidation sites excluding steroid dienone is 2. The Morgan fingerprint density at radius 2 is 1.03 bits per heavy atom. The molecule has 0 amide bonds. The minimum Gasteiger partial charge on any atom is -0.550 e. The molecule has 0 aromatic carbocycles. The van der Waals surface area contributed by atoms with Crippen LogP contribution < -0.4 is 10.8 Å². The monoisotopic (exact) mass is 459 g/mol. The van der Waals surface area contributed by atoms with E-state index in [2.05, 4.69) is 17.9 Å².